The molecule has 2 aromatic rings. The van der Waals surface area contributed by atoms with E-state index >= 15 is 0 Å². The van der Waals surface area contributed by atoms with E-state index in [1.54, 1.807) is 23.1 Å². The van der Waals surface area contributed by atoms with Crippen LogP contribution in [0.5, 0.6) is 0 Å². The van der Waals surface area contributed by atoms with Crippen molar-refractivity contribution in [1.82, 2.24) is 0 Å². The summed E-state index contributed by atoms with van der Waals surface area (Å²) in [6.45, 7) is 2.02. The molecule has 72 valence electrons. The quantitative estimate of drug-likeness (QED) is 0.568. The van der Waals surface area contributed by atoms with Gasteiger partial charge in [0.2, 0.25) is 0 Å². The number of hydrogen-bond acceptors (Lipinski definition) is 3. The molecule has 0 aliphatic rings. The van der Waals surface area contributed by atoms with Crippen LogP contribution in [0.2, 0.25) is 0 Å². The predicted octanol–water partition coefficient (Wildman–Crippen LogP) is 3.74. The van der Waals surface area contributed by atoms with Crippen LogP contribution in [0.3, 0.4) is 0 Å². The molecule has 0 bridgehead atoms. The first-order valence-corrected chi connectivity index (χ1v) is 6.32. The summed E-state index contributed by atoms with van der Waals surface area (Å²) >= 11 is 3.41. The van der Waals surface area contributed by atoms with E-state index in [0.717, 1.165) is 22.1 Å². The fourth-order valence-electron chi connectivity index (χ4n) is 1.50. The van der Waals surface area contributed by atoms with Gasteiger partial charge < -0.3 is 0 Å². The topological polar surface area (TPSA) is 17.1 Å². The van der Waals surface area contributed by atoms with E-state index in [1.165, 1.54) is 9.60 Å². The maximum absolute atomic E-state index is 10.9. The van der Waals surface area contributed by atoms with E-state index in [9.17, 15) is 4.79 Å². The van der Waals surface area contributed by atoms with E-state index in [2.05, 4.69) is 18.4 Å². The Hall–Kier alpha value is -0.800. The van der Waals surface area contributed by atoms with Gasteiger partial charge in [0.05, 0.1) is 4.21 Å². The van der Waals surface area contributed by atoms with Gasteiger partial charge in [-0.2, -0.15) is 0 Å². The van der Waals surface area contributed by atoms with Gasteiger partial charge in [-0.15, -0.1) is 23.1 Å². The predicted molar refractivity (Wildman–Crippen MR) is 63.7 cm³/mol. The molecular weight excluding hydrogens is 212 g/mol. The number of rotatable bonds is 2. The molecule has 0 fully saturated rings. The van der Waals surface area contributed by atoms with Crippen LogP contribution in [-0.4, -0.2) is 12.5 Å². The summed E-state index contributed by atoms with van der Waals surface area (Å²) in [6.07, 6.45) is 2.99. The number of hydrogen-bond donors (Lipinski definition) is 0. The molecule has 1 aromatic heterocycles. The fraction of sp³-hybridized carbons (Fsp3) is 0.182. The Bertz CT molecular complexity index is 485. The van der Waals surface area contributed by atoms with Gasteiger partial charge in [0.1, 0.15) is 0 Å². The van der Waals surface area contributed by atoms with Gasteiger partial charge in [0.25, 0.3) is 0 Å². The zero-order chi connectivity index (χ0) is 10.1. The molecule has 0 N–H and O–H groups in total. The first-order valence-electron chi connectivity index (χ1n) is 4.28. The van der Waals surface area contributed by atoms with Crippen molar-refractivity contribution in [2.75, 3.05) is 6.26 Å². The highest BCUT2D eigenvalue weighted by Gasteiger charge is 2.06. The van der Waals surface area contributed by atoms with Gasteiger partial charge in [-0.3, -0.25) is 4.79 Å². The second kappa shape index (κ2) is 3.75. The monoisotopic (exact) mass is 222 g/mol. The van der Waals surface area contributed by atoms with Crippen LogP contribution in [0.15, 0.2) is 22.4 Å². The van der Waals surface area contributed by atoms with Gasteiger partial charge in [-0.05, 0) is 36.3 Å². The van der Waals surface area contributed by atoms with Crippen molar-refractivity contribution in [2.24, 2.45) is 0 Å². The molecule has 0 spiro atoms. The molecule has 0 aliphatic carbocycles. The molecule has 3 heteroatoms. The standard InChI is InChI=1S/C11H10OS2/c1-7-3-8-5-10(13-2)14-11(8)9(4-7)6-12/h3-6H,1-2H3. The summed E-state index contributed by atoms with van der Waals surface area (Å²) in [5.74, 6) is 0. The largest absolute Gasteiger partial charge is 0.298 e. The second-order valence-corrected chi connectivity index (χ2v) is 5.32. The molecule has 0 saturated carbocycles. The third-order valence-electron chi connectivity index (χ3n) is 2.09. The van der Waals surface area contributed by atoms with Gasteiger partial charge in [-0.1, -0.05) is 6.07 Å². The van der Waals surface area contributed by atoms with Crippen molar-refractivity contribution >= 4 is 39.5 Å². The van der Waals surface area contributed by atoms with Crippen LogP contribution < -0.4 is 0 Å². The summed E-state index contributed by atoms with van der Waals surface area (Å²) < 4.78 is 2.36. The lowest BCUT2D eigenvalue weighted by atomic mass is 10.1. The molecule has 1 heterocycles. The SMILES string of the molecule is CSc1cc2cc(C)cc(C=O)c2s1. The number of thioether (sulfide) groups is 1. The molecule has 0 amide bonds. The molecule has 0 saturated heterocycles. The Morgan fingerprint density at radius 2 is 2.14 bits per heavy atom. The van der Waals surface area contributed by atoms with E-state index in [-0.39, 0.29) is 0 Å². The van der Waals surface area contributed by atoms with Crippen molar-refractivity contribution in [3.8, 4) is 0 Å². The number of aryl methyl sites for hydroxylation is 1. The Morgan fingerprint density at radius 3 is 2.79 bits per heavy atom. The van der Waals surface area contributed by atoms with Gasteiger partial charge in [0.15, 0.2) is 6.29 Å². The molecule has 1 aromatic carbocycles. The summed E-state index contributed by atoms with van der Waals surface area (Å²) in [6, 6.07) is 6.21. The third kappa shape index (κ3) is 1.57. The van der Waals surface area contributed by atoms with Gasteiger partial charge >= 0.3 is 0 Å². The van der Waals surface area contributed by atoms with E-state index in [1.807, 2.05) is 13.0 Å². The molecule has 0 unspecified atom stereocenters. The first kappa shape index (κ1) is 9.74. The van der Waals surface area contributed by atoms with E-state index in [0.29, 0.717) is 0 Å². The molecule has 0 atom stereocenters. The molecule has 2 rings (SSSR count). The zero-order valence-corrected chi connectivity index (χ0v) is 9.67. The van der Waals surface area contributed by atoms with Crippen LogP contribution in [0.4, 0.5) is 0 Å². The highest BCUT2D eigenvalue weighted by atomic mass is 32.2. The number of carbonyl (C=O) groups excluding carboxylic acids is 1. The number of thiophene rings is 1. The maximum atomic E-state index is 10.9. The average Bonchev–Trinajstić information content (AvgIpc) is 2.59. The number of fused-ring (bicyclic) bond motifs is 1. The lowest BCUT2D eigenvalue weighted by Gasteiger charge is -1.96. The van der Waals surface area contributed by atoms with Crippen molar-refractivity contribution in [1.29, 1.82) is 0 Å². The highest BCUT2D eigenvalue weighted by molar-refractivity contribution is 8.00. The summed E-state index contributed by atoms with van der Waals surface area (Å²) in [5, 5.41) is 1.18. The second-order valence-electron chi connectivity index (χ2n) is 3.16. The zero-order valence-electron chi connectivity index (χ0n) is 8.03. The number of aldehydes is 1. The lowest BCUT2D eigenvalue weighted by molar-refractivity contribution is 0.112. The molecule has 0 radical (unpaired) electrons. The summed E-state index contributed by atoms with van der Waals surface area (Å²) in [5.41, 5.74) is 1.95. The smallest absolute Gasteiger partial charge is 0.151 e. The van der Waals surface area contributed by atoms with Crippen molar-refractivity contribution in [2.45, 2.75) is 11.1 Å². The normalized spacial score (nSPS) is 10.7. The Balaban J connectivity index is 2.77. The van der Waals surface area contributed by atoms with Crippen LogP contribution in [0, 0.1) is 6.92 Å². The lowest BCUT2D eigenvalue weighted by Crippen LogP contribution is -1.81. The van der Waals surface area contributed by atoms with Gasteiger partial charge in [0, 0.05) is 10.3 Å². The number of benzene rings is 1. The number of carbonyl (C=O) groups is 1. The molecule has 1 nitrogen and oxygen atoms in total. The van der Waals surface area contributed by atoms with E-state index in [4.69, 9.17) is 0 Å². The van der Waals surface area contributed by atoms with Crippen molar-refractivity contribution < 1.29 is 4.79 Å². The Kier molecular flexibility index (Phi) is 2.61. The van der Waals surface area contributed by atoms with Crippen LogP contribution in [-0.2, 0) is 0 Å². The summed E-state index contributed by atoms with van der Waals surface area (Å²) in [7, 11) is 0. The highest BCUT2D eigenvalue weighted by Crippen LogP contribution is 2.34. The average molecular weight is 222 g/mol. The minimum Gasteiger partial charge on any atom is -0.298 e. The van der Waals surface area contributed by atoms with Crippen LogP contribution in [0.25, 0.3) is 10.1 Å². The molecular formula is C11H10OS2. The van der Waals surface area contributed by atoms with Crippen molar-refractivity contribution in [3.63, 3.8) is 0 Å². The minimum atomic E-state index is 0.810. The maximum Gasteiger partial charge on any atom is 0.151 e. The molecule has 14 heavy (non-hydrogen) atoms. The van der Waals surface area contributed by atoms with Crippen LogP contribution >= 0.6 is 23.1 Å². The Morgan fingerprint density at radius 1 is 1.36 bits per heavy atom. The van der Waals surface area contributed by atoms with E-state index < -0.39 is 0 Å². The van der Waals surface area contributed by atoms with Crippen molar-refractivity contribution in [3.05, 3.63) is 29.3 Å². The third-order valence-corrected chi connectivity index (χ3v) is 4.36. The summed E-state index contributed by atoms with van der Waals surface area (Å²) in [4.78, 5) is 10.9. The minimum absolute atomic E-state index is 0.810. The molecule has 0 aliphatic heterocycles. The van der Waals surface area contributed by atoms with Gasteiger partial charge in [-0.25, -0.2) is 0 Å². The Labute approximate surface area is 91.1 Å². The first-order chi connectivity index (χ1) is 6.74. The fourth-order valence-corrected chi connectivity index (χ4v) is 3.18. The van der Waals surface area contributed by atoms with Crippen LogP contribution in [0.1, 0.15) is 15.9 Å².